The first kappa shape index (κ1) is 13.8. The van der Waals surface area contributed by atoms with E-state index >= 15 is 0 Å². The molecule has 0 spiro atoms. The summed E-state index contributed by atoms with van der Waals surface area (Å²) < 4.78 is 13.5. The highest BCUT2D eigenvalue weighted by Crippen LogP contribution is 2.34. The second-order valence-electron chi connectivity index (χ2n) is 5.32. The lowest BCUT2D eigenvalue weighted by Gasteiger charge is -2.13. The molecule has 1 aromatic carbocycles. The third-order valence-electron chi connectivity index (χ3n) is 3.82. The Morgan fingerprint density at radius 2 is 2.05 bits per heavy atom. The maximum absolute atomic E-state index is 5.85. The summed E-state index contributed by atoms with van der Waals surface area (Å²) >= 11 is 0. The Balaban J connectivity index is 1.82. The number of nitrogens with zero attached hydrogens (tertiary/aromatic N) is 2. The first-order valence-corrected chi connectivity index (χ1v) is 7.28. The van der Waals surface area contributed by atoms with Crippen molar-refractivity contribution in [2.24, 2.45) is 7.05 Å². The average molecular weight is 287 g/mol. The standard InChI is InChI=1S/C16H21N3O2/c1-11-15(12(2)19(3)18-11)17-10-13-6-4-7-14-16(13)21-9-5-8-20-14/h4,6-7,17H,5,8-10H2,1-3H3. The van der Waals surface area contributed by atoms with Crippen LogP contribution in [-0.4, -0.2) is 23.0 Å². The molecule has 0 bridgehead atoms. The first-order valence-electron chi connectivity index (χ1n) is 7.28. The smallest absolute Gasteiger partial charge is 0.166 e. The van der Waals surface area contributed by atoms with Crippen molar-refractivity contribution >= 4 is 5.69 Å². The van der Waals surface area contributed by atoms with Crippen molar-refractivity contribution in [2.45, 2.75) is 26.8 Å². The lowest BCUT2D eigenvalue weighted by atomic mass is 10.1. The van der Waals surface area contributed by atoms with Gasteiger partial charge < -0.3 is 14.8 Å². The molecule has 5 nitrogen and oxygen atoms in total. The fourth-order valence-corrected chi connectivity index (χ4v) is 2.61. The van der Waals surface area contributed by atoms with E-state index in [0.717, 1.165) is 40.6 Å². The summed E-state index contributed by atoms with van der Waals surface area (Å²) in [5.41, 5.74) is 4.34. The van der Waals surface area contributed by atoms with Crippen molar-refractivity contribution in [1.29, 1.82) is 0 Å². The summed E-state index contributed by atoms with van der Waals surface area (Å²) in [5, 5.41) is 7.89. The third-order valence-corrected chi connectivity index (χ3v) is 3.82. The number of rotatable bonds is 3. The van der Waals surface area contributed by atoms with Gasteiger partial charge in [0.15, 0.2) is 11.5 Å². The number of benzene rings is 1. The van der Waals surface area contributed by atoms with Crippen LogP contribution in [0, 0.1) is 13.8 Å². The van der Waals surface area contributed by atoms with Crippen LogP contribution in [0.25, 0.3) is 0 Å². The predicted octanol–water partition coefficient (Wildman–Crippen LogP) is 2.81. The number of aryl methyl sites for hydroxylation is 2. The largest absolute Gasteiger partial charge is 0.490 e. The number of hydrogen-bond acceptors (Lipinski definition) is 4. The number of aromatic nitrogens is 2. The molecule has 0 unspecified atom stereocenters. The number of fused-ring (bicyclic) bond motifs is 1. The number of hydrogen-bond donors (Lipinski definition) is 1. The summed E-state index contributed by atoms with van der Waals surface area (Å²) in [7, 11) is 1.96. The van der Waals surface area contributed by atoms with E-state index in [9.17, 15) is 0 Å². The quantitative estimate of drug-likeness (QED) is 0.943. The molecule has 1 aromatic heterocycles. The Kier molecular flexibility index (Phi) is 3.73. The molecule has 0 saturated heterocycles. The highest BCUT2D eigenvalue weighted by Gasteiger charge is 2.15. The number of anilines is 1. The fraction of sp³-hybridized carbons (Fsp3) is 0.438. The van der Waals surface area contributed by atoms with Crippen LogP contribution in [-0.2, 0) is 13.6 Å². The second-order valence-corrected chi connectivity index (χ2v) is 5.32. The molecule has 112 valence electrons. The van der Waals surface area contributed by atoms with Gasteiger partial charge in [0.05, 0.1) is 30.3 Å². The van der Waals surface area contributed by atoms with Gasteiger partial charge in [0.2, 0.25) is 0 Å². The number of nitrogens with one attached hydrogen (secondary N) is 1. The molecule has 21 heavy (non-hydrogen) atoms. The molecule has 0 fully saturated rings. The summed E-state index contributed by atoms with van der Waals surface area (Å²) in [4.78, 5) is 0. The lowest BCUT2D eigenvalue weighted by Crippen LogP contribution is -2.05. The van der Waals surface area contributed by atoms with E-state index in [0.29, 0.717) is 19.8 Å². The van der Waals surface area contributed by atoms with Crippen LogP contribution in [0.2, 0.25) is 0 Å². The van der Waals surface area contributed by atoms with Crippen molar-refractivity contribution in [2.75, 3.05) is 18.5 Å². The molecule has 0 radical (unpaired) electrons. The molecule has 0 aliphatic carbocycles. The molecule has 2 heterocycles. The summed E-state index contributed by atoms with van der Waals surface area (Å²) in [6.45, 7) is 6.19. The maximum atomic E-state index is 5.85. The van der Waals surface area contributed by atoms with Crippen molar-refractivity contribution in [3.05, 3.63) is 35.2 Å². The number of ether oxygens (including phenoxy) is 2. The highest BCUT2D eigenvalue weighted by atomic mass is 16.5. The molecule has 0 amide bonds. The zero-order valence-electron chi connectivity index (χ0n) is 12.8. The van der Waals surface area contributed by atoms with Crippen LogP contribution >= 0.6 is 0 Å². The van der Waals surface area contributed by atoms with E-state index in [1.807, 2.05) is 30.8 Å². The second kappa shape index (κ2) is 5.68. The van der Waals surface area contributed by atoms with Gasteiger partial charge in [-0.1, -0.05) is 12.1 Å². The van der Waals surface area contributed by atoms with Crippen molar-refractivity contribution in [3.63, 3.8) is 0 Å². The molecular weight excluding hydrogens is 266 g/mol. The average Bonchev–Trinajstić information content (AvgIpc) is 2.67. The maximum Gasteiger partial charge on any atom is 0.166 e. The summed E-state index contributed by atoms with van der Waals surface area (Å²) in [5.74, 6) is 1.70. The monoisotopic (exact) mass is 287 g/mol. The molecule has 3 rings (SSSR count). The Hall–Kier alpha value is -2.17. The van der Waals surface area contributed by atoms with E-state index in [-0.39, 0.29) is 0 Å². The highest BCUT2D eigenvalue weighted by molar-refractivity contribution is 5.54. The Morgan fingerprint density at radius 3 is 2.81 bits per heavy atom. The minimum atomic E-state index is 0.694. The van der Waals surface area contributed by atoms with Crippen LogP contribution in [0.1, 0.15) is 23.4 Å². The van der Waals surface area contributed by atoms with Gasteiger partial charge in [0.25, 0.3) is 0 Å². The van der Waals surface area contributed by atoms with Gasteiger partial charge in [-0.25, -0.2) is 0 Å². The van der Waals surface area contributed by atoms with Crippen molar-refractivity contribution in [3.8, 4) is 11.5 Å². The van der Waals surface area contributed by atoms with Gasteiger partial charge in [-0.05, 0) is 19.9 Å². The van der Waals surface area contributed by atoms with Crippen molar-refractivity contribution in [1.82, 2.24) is 9.78 Å². The van der Waals surface area contributed by atoms with Gasteiger partial charge >= 0.3 is 0 Å². The van der Waals surface area contributed by atoms with Crippen LogP contribution in [0.4, 0.5) is 5.69 Å². The van der Waals surface area contributed by atoms with E-state index in [1.165, 1.54) is 0 Å². The van der Waals surface area contributed by atoms with Crippen LogP contribution in [0.3, 0.4) is 0 Å². The molecule has 0 atom stereocenters. The van der Waals surface area contributed by atoms with Gasteiger partial charge in [-0.2, -0.15) is 5.10 Å². The van der Waals surface area contributed by atoms with Gasteiger partial charge in [-0.15, -0.1) is 0 Å². The van der Waals surface area contributed by atoms with Crippen LogP contribution < -0.4 is 14.8 Å². The van der Waals surface area contributed by atoms with Gasteiger partial charge in [0, 0.05) is 25.6 Å². The third kappa shape index (κ3) is 2.68. The minimum absolute atomic E-state index is 0.694. The van der Waals surface area contributed by atoms with E-state index in [4.69, 9.17) is 9.47 Å². The zero-order chi connectivity index (χ0) is 14.8. The predicted molar refractivity (Wildman–Crippen MR) is 82.1 cm³/mol. The molecular formula is C16H21N3O2. The molecule has 2 aromatic rings. The fourth-order valence-electron chi connectivity index (χ4n) is 2.61. The first-order chi connectivity index (χ1) is 10.2. The molecule has 1 aliphatic rings. The topological polar surface area (TPSA) is 48.3 Å². The van der Waals surface area contributed by atoms with Gasteiger partial charge in [0.1, 0.15) is 0 Å². The van der Waals surface area contributed by atoms with Crippen LogP contribution in [0.15, 0.2) is 18.2 Å². The molecule has 1 aliphatic heterocycles. The van der Waals surface area contributed by atoms with Crippen molar-refractivity contribution < 1.29 is 9.47 Å². The minimum Gasteiger partial charge on any atom is -0.490 e. The Bertz CT molecular complexity index is 649. The number of para-hydroxylation sites is 1. The SMILES string of the molecule is Cc1nn(C)c(C)c1NCc1cccc2c1OCCCO2. The van der Waals surface area contributed by atoms with Crippen LogP contribution in [0.5, 0.6) is 11.5 Å². The van der Waals surface area contributed by atoms with E-state index < -0.39 is 0 Å². The Labute approximate surface area is 124 Å². The van der Waals surface area contributed by atoms with E-state index in [1.54, 1.807) is 0 Å². The lowest BCUT2D eigenvalue weighted by molar-refractivity contribution is 0.296. The molecule has 5 heteroatoms. The van der Waals surface area contributed by atoms with E-state index in [2.05, 4.69) is 23.4 Å². The summed E-state index contributed by atoms with van der Waals surface area (Å²) in [6, 6.07) is 6.04. The normalized spacial score (nSPS) is 13.9. The summed E-state index contributed by atoms with van der Waals surface area (Å²) in [6.07, 6.45) is 0.919. The molecule has 0 saturated carbocycles. The molecule has 1 N–H and O–H groups in total. The zero-order valence-corrected chi connectivity index (χ0v) is 12.8. The van der Waals surface area contributed by atoms with Gasteiger partial charge in [-0.3, -0.25) is 4.68 Å². The Morgan fingerprint density at radius 1 is 1.24 bits per heavy atom.